The zero-order valence-electron chi connectivity index (χ0n) is 11.6. The molecule has 6 nitrogen and oxygen atoms in total. The van der Waals surface area contributed by atoms with Crippen LogP contribution in [0.4, 0.5) is 5.69 Å². The van der Waals surface area contributed by atoms with Gasteiger partial charge in [0, 0.05) is 28.5 Å². The summed E-state index contributed by atoms with van der Waals surface area (Å²) in [4.78, 5) is 26.4. The van der Waals surface area contributed by atoms with Crippen molar-refractivity contribution < 1.29 is 14.8 Å². The van der Waals surface area contributed by atoms with Gasteiger partial charge >= 0.3 is 5.97 Å². The Hall–Kier alpha value is -2.28. The smallest absolute Gasteiger partial charge is 0.308 e. The molecule has 0 amide bonds. The van der Waals surface area contributed by atoms with Crippen molar-refractivity contribution in [2.75, 3.05) is 0 Å². The van der Waals surface area contributed by atoms with Crippen LogP contribution in [-0.2, 0) is 11.2 Å². The molecule has 0 aliphatic rings. The molecule has 2 aromatic rings. The maximum Gasteiger partial charge on any atom is 0.308 e. The number of rotatable bonds is 5. The van der Waals surface area contributed by atoms with E-state index in [-0.39, 0.29) is 18.0 Å². The summed E-state index contributed by atoms with van der Waals surface area (Å²) >= 11 is 1.34. The molecule has 1 heterocycles. The molecular formula is C14H14N2O4S. The molecule has 1 aromatic heterocycles. The molecule has 110 valence electrons. The third kappa shape index (κ3) is 3.43. The number of nitro benzene ring substituents is 1. The van der Waals surface area contributed by atoms with Crippen LogP contribution in [0.2, 0.25) is 0 Å². The van der Waals surface area contributed by atoms with Gasteiger partial charge < -0.3 is 5.11 Å². The third-order valence-corrected chi connectivity index (χ3v) is 4.21. The van der Waals surface area contributed by atoms with E-state index >= 15 is 0 Å². The number of benzene rings is 1. The van der Waals surface area contributed by atoms with Gasteiger partial charge in [-0.3, -0.25) is 14.9 Å². The number of hydrogen-bond acceptors (Lipinski definition) is 5. The third-order valence-electron chi connectivity index (χ3n) is 2.85. The van der Waals surface area contributed by atoms with Crippen LogP contribution in [0, 0.1) is 10.1 Å². The van der Waals surface area contributed by atoms with E-state index in [1.54, 1.807) is 12.1 Å². The number of hydrogen-bond donors (Lipinski definition) is 1. The highest BCUT2D eigenvalue weighted by Gasteiger charge is 2.18. The largest absolute Gasteiger partial charge is 0.481 e. The number of aromatic nitrogens is 1. The van der Waals surface area contributed by atoms with Crippen LogP contribution < -0.4 is 0 Å². The Kier molecular flexibility index (Phi) is 4.32. The van der Waals surface area contributed by atoms with Gasteiger partial charge in [-0.05, 0) is 0 Å². The molecule has 0 aliphatic carbocycles. The number of carboxylic acids is 1. The number of nitrogens with zero attached hydrogens (tertiary/aromatic N) is 2. The number of non-ortho nitro benzene ring substituents is 1. The number of thiazole rings is 1. The summed E-state index contributed by atoms with van der Waals surface area (Å²) in [5, 5.41) is 20.7. The van der Waals surface area contributed by atoms with Crippen LogP contribution in [0.25, 0.3) is 11.3 Å². The second-order valence-electron chi connectivity index (χ2n) is 4.86. The standard InChI is InChI=1S/C14H14N2O4S/c1-8(2)14-15-13(11(21-14)7-12(17)18)9-4-3-5-10(6-9)16(19)20/h3-6,8H,7H2,1-2H3,(H,17,18). The number of aliphatic carboxylic acids is 1. The summed E-state index contributed by atoms with van der Waals surface area (Å²) in [7, 11) is 0. The minimum Gasteiger partial charge on any atom is -0.481 e. The minimum atomic E-state index is -0.944. The number of nitro groups is 1. The lowest BCUT2D eigenvalue weighted by Crippen LogP contribution is -1.99. The summed E-state index contributed by atoms with van der Waals surface area (Å²) in [6, 6.07) is 6.10. The monoisotopic (exact) mass is 306 g/mol. The van der Waals surface area contributed by atoms with Gasteiger partial charge in [0.25, 0.3) is 5.69 Å². The Morgan fingerprint density at radius 1 is 1.48 bits per heavy atom. The number of carboxylic acid groups (broad SMARTS) is 1. The van der Waals surface area contributed by atoms with Crippen molar-refractivity contribution in [1.29, 1.82) is 0 Å². The predicted molar refractivity (Wildman–Crippen MR) is 79.6 cm³/mol. The van der Waals surface area contributed by atoms with E-state index < -0.39 is 10.9 Å². The minimum absolute atomic E-state index is 0.0344. The quantitative estimate of drug-likeness (QED) is 0.674. The van der Waals surface area contributed by atoms with Crippen LogP contribution in [0.3, 0.4) is 0 Å². The first-order chi connectivity index (χ1) is 9.88. The zero-order valence-corrected chi connectivity index (χ0v) is 12.4. The molecule has 0 aliphatic heterocycles. The highest BCUT2D eigenvalue weighted by molar-refractivity contribution is 7.12. The fourth-order valence-electron chi connectivity index (χ4n) is 1.87. The van der Waals surface area contributed by atoms with E-state index in [4.69, 9.17) is 5.11 Å². The molecule has 0 atom stereocenters. The van der Waals surface area contributed by atoms with Crippen molar-refractivity contribution >= 4 is 23.0 Å². The highest BCUT2D eigenvalue weighted by atomic mass is 32.1. The van der Waals surface area contributed by atoms with Gasteiger partial charge in [-0.15, -0.1) is 11.3 Å². The molecule has 2 rings (SSSR count). The molecule has 0 radical (unpaired) electrons. The Labute approximate surface area is 125 Å². The van der Waals surface area contributed by atoms with Gasteiger partial charge in [-0.1, -0.05) is 26.0 Å². The van der Waals surface area contributed by atoms with Crippen LogP contribution >= 0.6 is 11.3 Å². The van der Waals surface area contributed by atoms with Gasteiger partial charge in [0.1, 0.15) is 0 Å². The van der Waals surface area contributed by atoms with Gasteiger partial charge in [0.15, 0.2) is 0 Å². The van der Waals surface area contributed by atoms with Crippen LogP contribution in [0.5, 0.6) is 0 Å². The van der Waals surface area contributed by atoms with E-state index in [0.717, 1.165) is 5.01 Å². The molecule has 1 aromatic carbocycles. The molecule has 0 fully saturated rings. The maximum atomic E-state index is 11.0. The molecule has 0 saturated heterocycles. The topological polar surface area (TPSA) is 93.3 Å². The van der Waals surface area contributed by atoms with E-state index in [9.17, 15) is 14.9 Å². The summed E-state index contributed by atoms with van der Waals surface area (Å²) in [5.74, 6) is -0.768. The van der Waals surface area contributed by atoms with Crippen LogP contribution in [0.15, 0.2) is 24.3 Å². The normalized spacial score (nSPS) is 10.8. The molecule has 0 spiro atoms. The summed E-state index contributed by atoms with van der Waals surface area (Å²) < 4.78 is 0. The van der Waals surface area contributed by atoms with Gasteiger partial charge in [0.2, 0.25) is 0 Å². The van der Waals surface area contributed by atoms with Crippen molar-refractivity contribution in [1.82, 2.24) is 4.98 Å². The molecule has 7 heteroatoms. The molecule has 0 saturated carbocycles. The Balaban J connectivity index is 2.53. The SMILES string of the molecule is CC(C)c1nc(-c2cccc([N+](=O)[O-])c2)c(CC(=O)O)s1. The predicted octanol–water partition coefficient (Wildman–Crippen LogP) is 3.47. The van der Waals surface area contributed by atoms with Crippen molar-refractivity contribution in [3.05, 3.63) is 44.3 Å². The van der Waals surface area contributed by atoms with Gasteiger partial charge in [0.05, 0.1) is 22.0 Å². The van der Waals surface area contributed by atoms with Crippen molar-refractivity contribution in [2.45, 2.75) is 26.2 Å². The average molecular weight is 306 g/mol. The van der Waals surface area contributed by atoms with Crippen LogP contribution in [-0.4, -0.2) is 21.0 Å². The second kappa shape index (κ2) is 6.01. The first kappa shape index (κ1) is 15.1. The summed E-state index contributed by atoms with van der Waals surface area (Å²) in [5.41, 5.74) is 1.06. The Morgan fingerprint density at radius 3 is 2.76 bits per heavy atom. The van der Waals surface area contributed by atoms with Crippen molar-refractivity contribution in [2.24, 2.45) is 0 Å². The fraction of sp³-hybridized carbons (Fsp3) is 0.286. The zero-order chi connectivity index (χ0) is 15.6. The van der Waals surface area contributed by atoms with Crippen molar-refractivity contribution in [3.63, 3.8) is 0 Å². The van der Waals surface area contributed by atoms with E-state index in [1.807, 2.05) is 13.8 Å². The van der Waals surface area contributed by atoms with E-state index in [2.05, 4.69) is 4.98 Å². The molecular weight excluding hydrogens is 292 g/mol. The molecule has 0 bridgehead atoms. The molecule has 1 N–H and O–H groups in total. The first-order valence-corrected chi connectivity index (χ1v) is 7.16. The van der Waals surface area contributed by atoms with Crippen LogP contribution in [0.1, 0.15) is 29.7 Å². The second-order valence-corrected chi connectivity index (χ2v) is 5.97. The summed E-state index contributed by atoms with van der Waals surface area (Å²) in [6.07, 6.45) is -0.136. The Bertz CT molecular complexity index is 694. The Morgan fingerprint density at radius 2 is 2.19 bits per heavy atom. The van der Waals surface area contributed by atoms with Crippen molar-refractivity contribution in [3.8, 4) is 11.3 Å². The lowest BCUT2D eigenvalue weighted by Gasteiger charge is -2.00. The van der Waals surface area contributed by atoms with E-state index in [0.29, 0.717) is 16.1 Å². The molecule has 21 heavy (non-hydrogen) atoms. The van der Waals surface area contributed by atoms with E-state index in [1.165, 1.54) is 23.5 Å². The van der Waals surface area contributed by atoms with Gasteiger partial charge in [-0.2, -0.15) is 0 Å². The highest BCUT2D eigenvalue weighted by Crippen LogP contribution is 2.33. The maximum absolute atomic E-state index is 11.0. The van der Waals surface area contributed by atoms with Gasteiger partial charge in [-0.25, -0.2) is 4.98 Å². The lowest BCUT2D eigenvalue weighted by atomic mass is 10.1. The lowest BCUT2D eigenvalue weighted by molar-refractivity contribution is -0.384. The molecule has 0 unspecified atom stereocenters. The average Bonchev–Trinajstić information content (AvgIpc) is 2.82. The fourth-order valence-corrected chi connectivity index (χ4v) is 2.95. The number of carbonyl (C=O) groups is 1. The summed E-state index contributed by atoms with van der Waals surface area (Å²) in [6.45, 7) is 3.95. The first-order valence-electron chi connectivity index (χ1n) is 6.34.